The summed E-state index contributed by atoms with van der Waals surface area (Å²) in [5, 5.41) is 0. The van der Waals surface area contributed by atoms with Crippen LogP contribution in [0.25, 0.3) is 6.08 Å². The molecule has 1 N–H and O–H groups in total. The molecule has 0 radical (unpaired) electrons. The van der Waals surface area contributed by atoms with Gasteiger partial charge in [-0.1, -0.05) is 0 Å². The first-order chi connectivity index (χ1) is 5.79. The molecule has 0 aromatic carbocycles. The first-order valence-corrected chi connectivity index (χ1v) is 3.72. The van der Waals surface area contributed by atoms with Crippen LogP contribution >= 0.6 is 0 Å². The maximum atomic E-state index is 10.3. The van der Waals surface area contributed by atoms with Crippen LogP contribution in [0.3, 0.4) is 0 Å². The fraction of sp³-hybridized carbons (Fsp3) is 0.222. The third kappa shape index (κ3) is 3.05. The van der Waals surface area contributed by atoms with E-state index in [-0.39, 0.29) is 5.97 Å². The fourth-order valence-electron chi connectivity index (χ4n) is 0.788. The van der Waals surface area contributed by atoms with Gasteiger partial charge in [0.2, 0.25) is 0 Å². The average molecular weight is 165 g/mol. The predicted octanol–water partition coefficient (Wildman–Crippen LogP) is 1.59. The zero-order chi connectivity index (χ0) is 8.81. The molecule has 0 aliphatic carbocycles. The quantitative estimate of drug-likeness (QED) is 0.691. The van der Waals surface area contributed by atoms with Gasteiger partial charge in [0.05, 0.1) is 0 Å². The molecule has 0 saturated carbocycles. The summed E-state index contributed by atoms with van der Waals surface area (Å²) in [5.41, 5.74) is 1.00. The van der Waals surface area contributed by atoms with Crippen LogP contribution in [0.1, 0.15) is 12.6 Å². The van der Waals surface area contributed by atoms with E-state index >= 15 is 0 Å². The van der Waals surface area contributed by atoms with Crippen molar-refractivity contribution in [1.29, 1.82) is 0 Å². The van der Waals surface area contributed by atoms with Crippen LogP contribution in [-0.2, 0) is 9.53 Å². The summed E-state index contributed by atoms with van der Waals surface area (Å²) in [6, 6.07) is 3.84. The third-order valence-corrected chi connectivity index (χ3v) is 1.30. The maximum absolute atomic E-state index is 10.3. The van der Waals surface area contributed by atoms with Crippen molar-refractivity contribution in [2.75, 3.05) is 6.61 Å². The molecular formula is C9H11NO2. The van der Waals surface area contributed by atoms with Crippen molar-refractivity contribution < 1.29 is 9.53 Å². The Morgan fingerprint density at radius 2 is 2.58 bits per heavy atom. The zero-order valence-electron chi connectivity index (χ0n) is 6.91. The van der Waals surface area contributed by atoms with Gasteiger partial charge in [0.1, 0.15) is 6.61 Å². The number of ether oxygens (including phenoxy) is 1. The topological polar surface area (TPSA) is 42.1 Å². The number of aromatic amines is 1. The van der Waals surface area contributed by atoms with Crippen LogP contribution in [0.15, 0.2) is 24.4 Å². The lowest BCUT2D eigenvalue weighted by atomic mass is 10.4. The molecule has 1 heterocycles. The van der Waals surface area contributed by atoms with Gasteiger partial charge >= 0.3 is 5.97 Å². The van der Waals surface area contributed by atoms with Crippen molar-refractivity contribution in [3.8, 4) is 0 Å². The molecule has 0 aliphatic heterocycles. The van der Waals surface area contributed by atoms with Gasteiger partial charge in [-0.05, 0) is 24.3 Å². The van der Waals surface area contributed by atoms with Crippen molar-refractivity contribution >= 4 is 12.0 Å². The Morgan fingerprint density at radius 1 is 1.75 bits per heavy atom. The Kier molecular flexibility index (Phi) is 3.14. The molecule has 0 aliphatic rings. The van der Waals surface area contributed by atoms with E-state index in [1.54, 1.807) is 6.08 Å². The molecule has 0 amide bonds. The highest BCUT2D eigenvalue weighted by Crippen LogP contribution is 1.96. The van der Waals surface area contributed by atoms with Crippen molar-refractivity contribution in [3.05, 3.63) is 30.1 Å². The first kappa shape index (κ1) is 8.59. The van der Waals surface area contributed by atoms with Crippen molar-refractivity contribution in [2.24, 2.45) is 0 Å². The minimum absolute atomic E-state index is 0.258. The van der Waals surface area contributed by atoms with Crippen LogP contribution in [0, 0.1) is 0 Å². The smallest absolute Gasteiger partial charge is 0.302 e. The molecule has 0 fully saturated rings. The second kappa shape index (κ2) is 4.38. The van der Waals surface area contributed by atoms with Gasteiger partial charge in [0, 0.05) is 18.8 Å². The lowest BCUT2D eigenvalue weighted by Gasteiger charge is -1.93. The largest absolute Gasteiger partial charge is 0.462 e. The molecule has 0 spiro atoms. The zero-order valence-corrected chi connectivity index (χ0v) is 6.91. The molecule has 12 heavy (non-hydrogen) atoms. The summed E-state index contributed by atoms with van der Waals surface area (Å²) in [6.07, 6.45) is 5.49. The van der Waals surface area contributed by atoms with Gasteiger partial charge < -0.3 is 9.72 Å². The molecule has 3 nitrogen and oxygen atoms in total. The highest BCUT2D eigenvalue weighted by Gasteiger charge is 1.87. The number of rotatable bonds is 3. The first-order valence-electron chi connectivity index (χ1n) is 3.72. The lowest BCUT2D eigenvalue weighted by Crippen LogP contribution is -1.97. The SMILES string of the molecule is CC(=O)OCC=Cc1ccc[nH]1. The van der Waals surface area contributed by atoms with Crippen LogP contribution < -0.4 is 0 Å². The molecule has 0 bridgehead atoms. The number of nitrogens with one attached hydrogen (secondary N) is 1. The summed E-state index contributed by atoms with van der Waals surface area (Å²) in [5.74, 6) is -0.258. The molecular weight excluding hydrogens is 154 g/mol. The summed E-state index contributed by atoms with van der Waals surface area (Å²) in [7, 11) is 0. The standard InChI is InChI=1S/C9H11NO2/c1-8(11)12-7-3-5-9-4-2-6-10-9/h2-6,10H,7H2,1H3. The monoisotopic (exact) mass is 165 g/mol. The van der Waals surface area contributed by atoms with Gasteiger partial charge in [-0.25, -0.2) is 0 Å². The van der Waals surface area contributed by atoms with Crippen molar-refractivity contribution in [1.82, 2.24) is 4.98 Å². The Bertz CT molecular complexity index is 262. The Morgan fingerprint density at radius 3 is 3.17 bits per heavy atom. The molecule has 3 heteroatoms. The predicted molar refractivity (Wildman–Crippen MR) is 46.5 cm³/mol. The van der Waals surface area contributed by atoms with E-state index in [1.807, 2.05) is 24.4 Å². The third-order valence-electron chi connectivity index (χ3n) is 1.30. The second-order valence-electron chi connectivity index (χ2n) is 2.33. The molecule has 0 atom stereocenters. The minimum Gasteiger partial charge on any atom is -0.462 e. The normalized spacial score (nSPS) is 10.4. The second-order valence-corrected chi connectivity index (χ2v) is 2.33. The summed E-state index contributed by atoms with van der Waals surface area (Å²) < 4.78 is 4.70. The van der Waals surface area contributed by atoms with Gasteiger partial charge in [-0.2, -0.15) is 0 Å². The summed E-state index contributed by atoms with van der Waals surface area (Å²) in [4.78, 5) is 13.3. The van der Waals surface area contributed by atoms with Gasteiger partial charge in [-0.15, -0.1) is 0 Å². The van der Waals surface area contributed by atoms with Crippen LogP contribution in [0.5, 0.6) is 0 Å². The highest BCUT2D eigenvalue weighted by molar-refractivity contribution is 5.66. The molecule has 1 aromatic heterocycles. The van der Waals surface area contributed by atoms with Crippen molar-refractivity contribution in [2.45, 2.75) is 6.92 Å². The van der Waals surface area contributed by atoms with E-state index in [0.717, 1.165) is 5.69 Å². The summed E-state index contributed by atoms with van der Waals surface area (Å²) >= 11 is 0. The molecule has 0 saturated heterocycles. The number of carbonyl (C=O) groups is 1. The molecule has 1 aromatic rings. The van der Waals surface area contributed by atoms with Crippen molar-refractivity contribution in [3.63, 3.8) is 0 Å². The van der Waals surface area contributed by atoms with E-state index in [4.69, 9.17) is 4.74 Å². The van der Waals surface area contributed by atoms with Crippen LogP contribution in [0.2, 0.25) is 0 Å². The molecule has 64 valence electrons. The highest BCUT2D eigenvalue weighted by atomic mass is 16.5. The van der Waals surface area contributed by atoms with E-state index in [0.29, 0.717) is 6.61 Å². The number of hydrogen-bond donors (Lipinski definition) is 1. The fourth-order valence-corrected chi connectivity index (χ4v) is 0.788. The number of carbonyl (C=O) groups excluding carboxylic acids is 1. The molecule has 0 unspecified atom stereocenters. The lowest BCUT2D eigenvalue weighted by molar-refractivity contribution is -0.139. The Balaban J connectivity index is 2.27. The number of hydrogen-bond acceptors (Lipinski definition) is 2. The number of aromatic nitrogens is 1. The Hall–Kier alpha value is -1.51. The molecule has 1 rings (SSSR count). The van der Waals surface area contributed by atoms with E-state index in [9.17, 15) is 4.79 Å². The van der Waals surface area contributed by atoms with E-state index < -0.39 is 0 Å². The minimum atomic E-state index is -0.258. The van der Waals surface area contributed by atoms with Gasteiger partial charge in [0.15, 0.2) is 0 Å². The summed E-state index contributed by atoms with van der Waals surface area (Å²) in [6.45, 7) is 1.72. The average Bonchev–Trinajstić information content (AvgIpc) is 2.49. The van der Waals surface area contributed by atoms with Gasteiger partial charge in [-0.3, -0.25) is 4.79 Å². The number of H-pyrrole nitrogens is 1. The van der Waals surface area contributed by atoms with E-state index in [1.165, 1.54) is 6.92 Å². The van der Waals surface area contributed by atoms with E-state index in [2.05, 4.69) is 4.98 Å². The van der Waals surface area contributed by atoms with Gasteiger partial charge in [0.25, 0.3) is 0 Å². The Labute approximate surface area is 71.1 Å². The van der Waals surface area contributed by atoms with Crippen LogP contribution in [0.4, 0.5) is 0 Å². The van der Waals surface area contributed by atoms with Crippen LogP contribution in [-0.4, -0.2) is 17.6 Å². The maximum Gasteiger partial charge on any atom is 0.302 e. The number of esters is 1.